The number of hydrogen-bond acceptors (Lipinski definition) is 1. The molecule has 4 rings (SSSR count). The Labute approximate surface area is 179 Å². The second-order valence-corrected chi connectivity index (χ2v) is 11.1. The van der Waals surface area contributed by atoms with Crippen LogP contribution in [0.3, 0.4) is 0 Å². The largest absolute Gasteiger partial charge is 0.317 e. The maximum atomic E-state index is 3.52. The minimum atomic E-state index is 0.291. The first kappa shape index (κ1) is 20.9. The molecule has 1 aromatic carbocycles. The fraction of sp³-hybridized carbons (Fsp3) is 0.643. The molecule has 29 heavy (non-hydrogen) atoms. The van der Waals surface area contributed by atoms with Gasteiger partial charge < -0.3 is 5.32 Å². The van der Waals surface area contributed by atoms with E-state index in [1.54, 1.807) is 27.8 Å². The molecule has 1 aliphatic heterocycles. The summed E-state index contributed by atoms with van der Waals surface area (Å²) in [7, 11) is 0. The van der Waals surface area contributed by atoms with Gasteiger partial charge in [0.05, 0.1) is 0 Å². The van der Waals surface area contributed by atoms with Crippen molar-refractivity contribution in [3.63, 3.8) is 0 Å². The second kappa shape index (κ2) is 8.06. The maximum Gasteiger partial charge on any atom is -0.00432 e. The zero-order valence-electron chi connectivity index (χ0n) is 19.5. The summed E-state index contributed by atoms with van der Waals surface area (Å²) in [4.78, 5) is 0. The third-order valence-corrected chi connectivity index (χ3v) is 8.17. The highest BCUT2D eigenvalue weighted by Crippen LogP contribution is 2.47. The normalized spacial score (nSPS) is 25.1. The molecule has 1 N–H and O–H groups in total. The Kier molecular flexibility index (Phi) is 5.81. The monoisotopic (exact) mass is 391 g/mol. The van der Waals surface area contributed by atoms with Gasteiger partial charge in [0.25, 0.3) is 0 Å². The van der Waals surface area contributed by atoms with Gasteiger partial charge in [0.15, 0.2) is 0 Å². The highest BCUT2D eigenvalue weighted by molar-refractivity contribution is 5.70. The van der Waals surface area contributed by atoms with Crippen LogP contribution in [0.25, 0.3) is 5.57 Å². The summed E-state index contributed by atoms with van der Waals surface area (Å²) in [6.07, 6.45) is 12.7. The van der Waals surface area contributed by atoms with Crippen molar-refractivity contribution in [2.75, 3.05) is 13.1 Å². The van der Waals surface area contributed by atoms with E-state index in [1.165, 1.54) is 70.0 Å². The van der Waals surface area contributed by atoms with Crippen molar-refractivity contribution >= 4 is 5.57 Å². The van der Waals surface area contributed by atoms with Crippen LogP contribution in [0.5, 0.6) is 0 Å². The number of benzene rings is 1. The van der Waals surface area contributed by atoms with Gasteiger partial charge in [-0.3, -0.25) is 0 Å². The number of nitrogens with one attached hydrogen (secondary N) is 1. The molecule has 0 spiro atoms. The molecule has 1 aromatic rings. The van der Waals surface area contributed by atoms with E-state index < -0.39 is 0 Å². The van der Waals surface area contributed by atoms with E-state index in [1.807, 2.05) is 0 Å². The van der Waals surface area contributed by atoms with E-state index in [2.05, 4.69) is 64.2 Å². The van der Waals surface area contributed by atoms with E-state index in [4.69, 9.17) is 0 Å². The average molecular weight is 392 g/mol. The Balaban J connectivity index is 1.60. The van der Waals surface area contributed by atoms with Crippen LogP contribution in [0.4, 0.5) is 0 Å². The lowest BCUT2D eigenvalue weighted by Crippen LogP contribution is -2.33. The van der Waals surface area contributed by atoms with Crippen molar-refractivity contribution in [2.24, 2.45) is 5.92 Å². The van der Waals surface area contributed by atoms with Gasteiger partial charge in [0.2, 0.25) is 0 Å². The van der Waals surface area contributed by atoms with Crippen molar-refractivity contribution in [2.45, 2.75) is 96.8 Å². The van der Waals surface area contributed by atoms with E-state index in [9.17, 15) is 0 Å². The summed E-state index contributed by atoms with van der Waals surface area (Å²) in [6.45, 7) is 14.5. The summed E-state index contributed by atoms with van der Waals surface area (Å²) >= 11 is 0. The van der Waals surface area contributed by atoms with Gasteiger partial charge >= 0.3 is 0 Å². The van der Waals surface area contributed by atoms with E-state index >= 15 is 0 Å². The van der Waals surface area contributed by atoms with Crippen molar-refractivity contribution in [3.8, 4) is 0 Å². The predicted molar refractivity (Wildman–Crippen MR) is 126 cm³/mol. The molecule has 0 radical (unpaired) electrons. The molecule has 1 nitrogen and oxygen atoms in total. The fourth-order valence-electron chi connectivity index (χ4n) is 5.93. The summed E-state index contributed by atoms with van der Waals surface area (Å²) in [5.41, 5.74) is 10.3. The molecule has 1 fully saturated rings. The summed E-state index contributed by atoms with van der Waals surface area (Å²) in [5.74, 6) is 0.831. The molecule has 158 valence electrons. The van der Waals surface area contributed by atoms with Crippen molar-refractivity contribution in [1.82, 2.24) is 5.32 Å². The zero-order valence-corrected chi connectivity index (χ0v) is 19.5. The van der Waals surface area contributed by atoms with E-state index in [0.717, 1.165) is 5.92 Å². The minimum Gasteiger partial charge on any atom is -0.317 e. The molecule has 1 saturated heterocycles. The molecular formula is C28H41N. The lowest BCUT2D eigenvalue weighted by atomic mass is 9.62. The van der Waals surface area contributed by atoms with Crippen LogP contribution in [-0.2, 0) is 10.8 Å². The molecule has 0 saturated carbocycles. The van der Waals surface area contributed by atoms with Gasteiger partial charge in [-0.2, -0.15) is 0 Å². The number of piperidine rings is 1. The minimum absolute atomic E-state index is 0.291. The Bertz CT molecular complexity index is 815. The number of allylic oxidation sites excluding steroid dienone is 4. The van der Waals surface area contributed by atoms with Crippen LogP contribution in [0.2, 0.25) is 0 Å². The fourth-order valence-corrected chi connectivity index (χ4v) is 5.93. The van der Waals surface area contributed by atoms with Crippen LogP contribution in [0.1, 0.15) is 103 Å². The molecule has 1 heteroatoms. The van der Waals surface area contributed by atoms with Crippen LogP contribution >= 0.6 is 0 Å². The molecule has 1 heterocycles. The molecule has 0 aromatic heterocycles. The first-order chi connectivity index (χ1) is 13.8. The highest BCUT2D eigenvalue weighted by atomic mass is 14.9. The highest BCUT2D eigenvalue weighted by Gasteiger charge is 2.37. The summed E-state index contributed by atoms with van der Waals surface area (Å²) in [6, 6.07) is 7.45. The number of hydrogen-bond donors (Lipinski definition) is 1. The maximum absolute atomic E-state index is 3.52. The van der Waals surface area contributed by atoms with Gasteiger partial charge in [-0.25, -0.2) is 0 Å². The Morgan fingerprint density at radius 3 is 2.28 bits per heavy atom. The summed E-state index contributed by atoms with van der Waals surface area (Å²) in [5, 5.41) is 3.52. The standard InChI is InChI=1S/C28H41N/c1-20-9-10-21(22-13-17-29-18-14-22)7-6-8-24(20)23-11-12-25-26(19-23)28(4,5)16-15-27(25,2)3/h7,11-12,19,22,29H,6,8-10,13-18H2,1-5H3. The molecule has 2 aliphatic carbocycles. The Morgan fingerprint density at radius 2 is 1.55 bits per heavy atom. The van der Waals surface area contributed by atoms with Gasteiger partial charge in [0, 0.05) is 0 Å². The first-order valence-corrected chi connectivity index (χ1v) is 12.0. The summed E-state index contributed by atoms with van der Waals surface area (Å²) < 4.78 is 0. The van der Waals surface area contributed by atoms with Crippen molar-refractivity contribution in [3.05, 3.63) is 52.1 Å². The lowest BCUT2D eigenvalue weighted by molar-refractivity contribution is 0.332. The third-order valence-electron chi connectivity index (χ3n) is 8.17. The van der Waals surface area contributed by atoms with Crippen LogP contribution in [0.15, 0.2) is 35.4 Å². The third kappa shape index (κ3) is 4.26. The Hall–Kier alpha value is -1.34. The molecule has 0 amide bonds. The van der Waals surface area contributed by atoms with Gasteiger partial charge in [0.1, 0.15) is 0 Å². The lowest BCUT2D eigenvalue weighted by Gasteiger charge is -2.42. The topological polar surface area (TPSA) is 12.0 Å². The van der Waals surface area contributed by atoms with Crippen molar-refractivity contribution < 1.29 is 0 Å². The van der Waals surface area contributed by atoms with Gasteiger partial charge in [-0.1, -0.05) is 63.1 Å². The predicted octanol–water partition coefficient (Wildman–Crippen LogP) is 7.31. The van der Waals surface area contributed by atoms with Crippen molar-refractivity contribution in [1.29, 1.82) is 0 Å². The number of fused-ring (bicyclic) bond motifs is 1. The molecule has 3 aliphatic rings. The molecule has 0 bridgehead atoms. The van der Waals surface area contributed by atoms with Crippen LogP contribution in [-0.4, -0.2) is 13.1 Å². The second-order valence-electron chi connectivity index (χ2n) is 11.1. The smallest absolute Gasteiger partial charge is 0.00432 e. The quantitative estimate of drug-likeness (QED) is 0.521. The molecule has 0 unspecified atom stereocenters. The SMILES string of the molecule is CC1=C(c2ccc3c(c2)C(C)(C)CCC3(C)C)CCC=C(C2CCNCC2)CC1. The molecule has 0 atom stereocenters. The van der Waals surface area contributed by atoms with E-state index in [-0.39, 0.29) is 0 Å². The average Bonchev–Trinajstić information content (AvgIpc) is 2.69. The number of rotatable bonds is 2. The van der Waals surface area contributed by atoms with Gasteiger partial charge in [-0.05, 0) is 110 Å². The Morgan fingerprint density at radius 1 is 0.862 bits per heavy atom. The van der Waals surface area contributed by atoms with Crippen LogP contribution in [0, 0.1) is 5.92 Å². The molecular weight excluding hydrogens is 350 g/mol. The van der Waals surface area contributed by atoms with E-state index in [0.29, 0.717) is 10.8 Å². The zero-order chi connectivity index (χ0) is 20.6. The van der Waals surface area contributed by atoms with Crippen LogP contribution < -0.4 is 5.32 Å². The first-order valence-electron chi connectivity index (χ1n) is 12.0. The van der Waals surface area contributed by atoms with Gasteiger partial charge in [-0.15, -0.1) is 0 Å².